The average Bonchev–Trinajstić information content (AvgIpc) is 2.42. The molecule has 0 aliphatic rings. The Bertz CT molecular complexity index is 427. The molecule has 0 fully saturated rings. The summed E-state index contributed by atoms with van der Waals surface area (Å²) in [6.45, 7) is 6.55. The van der Waals surface area contributed by atoms with Crippen LogP contribution in [0.5, 0.6) is 5.75 Å². The zero-order valence-corrected chi connectivity index (χ0v) is 14.1. The summed E-state index contributed by atoms with van der Waals surface area (Å²) in [7, 11) is 1.66. The lowest BCUT2D eigenvalue weighted by molar-refractivity contribution is -0.124. The Morgan fingerprint density at radius 3 is 2.33 bits per heavy atom. The lowest BCUT2D eigenvalue weighted by Gasteiger charge is -2.25. The number of amides is 1. The largest absolute Gasteiger partial charge is 0.497 e. The van der Waals surface area contributed by atoms with Gasteiger partial charge in [-0.15, -0.1) is 12.4 Å². The molecule has 4 nitrogen and oxygen atoms in total. The van der Waals surface area contributed by atoms with Gasteiger partial charge >= 0.3 is 0 Å². The van der Waals surface area contributed by atoms with Crippen molar-refractivity contribution in [1.82, 2.24) is 5.32 Å². The number of nitrogens with two attached hydrogens (primary N) is 1. The fourth-order valence-corrected chi connectivity index (χ4v) is 1.80. The highest BCUT2D eigenvalue weighted by molar-refractivity contribution is 5.85. The van der Waals surface area contributed by atoms with Gasteiger partial charge < -0.3 is 15.8 Å². The Morgan fingerprint density at radius 2 is 1.86 bits per heavy atom. The van der Waals surface area contributed by atoms with Gasteiger partial charge in [0.1, 0.15) is 5.75 Å². The summed E-state index contributed by atoms with van der Waals surface area (Å²) < 4.78 is 5.11. The molecule has 1 atom stereocenters. The lowest BCUT2D eigenvalue weighted by atomic mass is 9.87. The summed E-state index contributed by atoms with van der Waals surface area (Å²) in [5.41, 5.74) is 6.92. The van der Waals surface area contributed by atoms with E-state index < -0.39 is 6.04 Å². The predicted molar refractivity (Wildman–Crippen MR) is 89.0 cm³/mol. The van der Waals surface area contributed by atoms with E-state index in [1.54, 1.807) is 7.11 Å². The predicted octanol–water partition coefficient (Wildman–Crippen LogP) is 2.54. The Hall–Kier alpha value is -1.26. The van der Waals surface area contributed by atoms with Crippen molar-refractivity contribution in [2.75, 3.05) is 13.7 Å². The van der Waals surface area contributed by atoms with Gasteiger partial charge in [-0.05, 0) is 36.0 Å². The number of carbonyl (C=O) groups excluding carboxylic acids is 1. The molecule has 0 unspecified atom stereocenters. The SMILES string of the molecule is COc1ccc(CCCNC(=O)[C@@H](N)C(C)(C)C)cc1.Cl. The van der Waals surface area contributed by atoms with Crippen molar-refractivity contribution in [3.05, 3.63) is 29.8 Å². The van der Waals surface area contributed by atoms with Gasteiger partial charge in [0, 0.05) is 6.54 Å². The summed E-state index contributed by atoms with van der Waals surface area (Å²) in [4.78, 5) is 11.8. The number of halogens is 1. The summed E-state index contributed by atoms with van der Waals surface area (Å²) >= 11 is 0. The van der Waals surface area contributed by atoms with E-state index in [-0.39, 0.29) is 23.7 Å². The molecule has 120 valence electrons. The molecule has 0 bridgehead atoms. The molecule has 21 heavy (non-hydrogen) atoms. The quantitative estimate of drug-likeness (QED) is 0.793. The number of methoxy groups -OCH3 is 1. The van der Waals surface area contributed by atoms with Gasteiger partial charge in [-0.25, -0.2) is 0 Å². The van der Waals surface area contributed by atoms with E-state index in [1.165, 1.54) is 5.56 Å². The van der Waals surface area contributed by atoms with Crippen LogP contribution < -0.4 is 15.8 Å². The maximum atomic E-state index is 11.8. The van der Waals surface area contributed by atoms with Crippen molar-refractivity contribution >= 4 is 18.3 Å². The highest BCUT2D eigenvalue weighted by Gasteiger charge is 2.26. The standard InChI is InChI=1S/C16H26N2O2.ClH/c1-16(2,3)14(17)15(19)18-11-5-6-12-7-9-13(20-4)10-8-12;/h7-10,14H,5-6,11,17H2,1-4H3,(H,18,19);1H/t14-;/m1./s1. The summed E-state index contributed by atoms with van der Waals surface area (Å²) in [6.07, 6.45) is 1.82. The maximum absolute atomic E-state index is 11.8. The van der Waals surface area contributed by atoms with Crippen LogP contribution in [0, 0.1) is 5.41 Å². The van der Waals surface area contributed by atoms with Crippen LogP contribution in [0.25, 0.3) is 0 Å². The first-order chi connectivity index (χ1) is 9.34. The zero-order valence-electron chi connectivity index (χ0n) is 13.3. The van der Waals surface area contributed by atoms with Gasteiger partial charge in [-0.3, -0.25) is 4.79 Å². The van der Waals surface area contributed by atoms with E-state index in [4.69, 9.17) is 10.5 Å². The zero-order chi connectivity index (χ0) is 15.2. The highest BCUT2D eigenvalue weighted by atomic mass is 35.5. The van der Waals surface area contributed by atoms with Gasteiger partial charge in [0.15, 0.2) is 0 Å². The molecule has 0 aromatic heterocycles. The van der Waals surface area contributed by atoms with Crippen LogP contribution >= 0.6 is 12.4 Å². The normalized spacial score (nSPS) is 12.2. The molecule has 5 heteroatoms. The van der Waals surface area contributed by atoms with Crippen LogP contribution in [-0.2, 0) is 11.2 Å². The molecule has 1 aromatic carbocycles. The topological polar surface area (TPSA) is 64.3 Å². The molecule has 0 spiro atoms. The first-order valence-corrected chi connectivity index (χ1v) is 7.01. The van der Waals surface area contributed by atoms with Crippen LogP contribution in [0.15, 0.2) is 24.3 Å². The highest BCUT2D eigenvalue weighted by Crippen LogP contribution is 2.17. The molecule has 3 N–H and O–H groups in total. The third kappa shape index (κ3) is 6.82. The number of rotatable bonds is 6. The first-order valence-electron chi connectivity index (χ1n) is 7.01. The minimum absolute atomic E-state index is 0. The summed E-state index contributed by atoms with van der Waals surface area (Å²) in [5, 5.41) is 2.89. The van der Waals surface area contributed by atoms with E-state index in [1.807, 2.05) is 45.0 Å². The van der Waals surface area contributed by atoms with Crippen LogP contribution in [0.3, 0.4) is 0 Å². The minimum Gasteiger partial charge on any atom is -0.497 e. The summed E-state index contributed by atoms with van der Waals surface area (Å²) in [5.74, 6) is 0.783. The van der Waals surface area contributed by atoms with E-state index in [9.17, 15) is 4.79 Å². The van der Waals surface area contributed by atoms with Gasteiger partial charge in [0.2, 0.25) is 5.91 Å². The van der Waals surface area contributed by atoms with Crippen molar-refractivity contribution in [3.8, 4) is 5.75 Å². The van der Waals surface area contributed by atoms with Gasteiger partial charge in [-0.2, -0.15) is 0 Å². The van der Waals surface area contributed by atoms with Crippen LogP contribution in [-0.4, -0.2) is 25.6 Å². The Kier molecular flexibility index (Phi) is 8.37. The molecular formula is C16H27ClN2O2. The Balaban J connectivity index is 0.00000400. The van der Waals surface area contributed by atoms with E-state index in [0.29, 0.717) is 6.54 Å². The molecule has 0 heterocycles. The fraction of sp³-hybridized carbons (Fsp3) is 0.562. The number of carbonyl (C=O) groups is 1. The number of benzene rings is 1. The van der Waals surface area contributed by atoms with Crippen LogP contribution in [0.2, 0.25) is 0 Å². The Morgan fingerprint density at radius 1 is 1.29 bits per heavy atom. The van der Waals surface area contributed by atoms with Gasteiger partial charge in [0.25, 0.3) is 0 Å². The third-order valence-corrected chi connectivity index (χ3v) is 3.32. The number of ether oxygens (including phenoxy) is 1. The number of hydrogen-bond donors (Lipinski definition) is 2. The first kappa shape index (κ1) is 19.7. The van der Waals surface area contributed by atoms with Crippen molar-refractivity contribution in [1.29, 1.82) is 0 Å². The number of hydrogen-bond acceptors (Lipinski definition) is 3. The second-order valence-electron chi connectivity index (χ2n) is 6.09. The molecule has 0 radical (unpaired) electrons. The van der Waals surface area contributed by atoms with E-state index in [2.05, 4.69) is 5.32 Å². The molecule has 0 saturated heterocycles. The second kappa shape index (κ2) is 8.90. The number of aryl methyl sites for hydroxylation is 1. The Labute approximate surface area is 133 Å². The second-order valence-corrected chi connectivity index (χ2v) is 6.09. The van der Waals surface area contributed by atoms with E-state index >= 15 is 0 Å². The molecule has 0 aliphatic heterocycles. The fourth-order valence-electron chi connectivity index (χ4n) is 1.80. The summed E-state index contributed by atoms with van der Waals surface area (Å²) in [6, 6.07) is 7.51. The molecular weight excluding hydrogens is 288 g/mol. The van der Waals surface area contributed by atoms with E-state index in [0.717, 1.165) is 18.6 Å². The minimum atomic E-state index is -0.469. The van der Waals surface area contributed by atoms with Gasteiger partial charge in [0.05, 0.1) is 13.2 Å². The molecule has 0 saturated carbocycles. The third-order valence-electron chi connectivity index (χ3n) is 3.32. The molecule has 0 aliphatic carbocycles. The van der Waals surface area contributed by atoms with Gasteiger partial charge in [-0.1, -0.05) is 32.9 Å². The van der Waals surface area contributed by atoms with Crippen molar-refractivity contribution in [3.63, 3.8) is 0 Å². The molecule has 1 rings (SSSR count). The monoisotopic (exact) mass is 314 g/mol. The van der Waals surface area contributed by atoms with Crippen LogP contribution in [0.1, 0.15) is 32.8 Å². The van der Waals surface area contributed by atoms with Crippen LogP contribution in [0.4, 0.5) is 0 Å². The smallest absolute Gasteiger partial charge is 0.237 e. The molecule has 1 amide bonds. The molecule has 1 aromatic rings. The van der Waals surface area contributed by atoms with Crippen molar-refractivity contribution < 1.29 is 9.53 Å². The van der Waals surface area contributed by atoms with Crippen molar-refractivity contribution in [2.24, 2.45) is 11.1 Å². The number of nitrogens with one attached hydrogen (secondary N) is 1. The maximum Gasteiger partial charge on any atom is 0.237 e. The average molecular weight is 315 g/mol. The van der Waals surface area contributed by atoms with Crippen molar-refractivity contribution in [2.45, 2.75) is 39.7 Å². The lowest BCUT2D eigenvalue weighted by Crippen LogP contribution is -2.48.